The average molecular weight is 766 g/mol. The number of carbonyl (C=O) groups excluding carboxylic acids is 1. The van der Waals surface area contributed by atoms with Crippen LogP contribution < -0.4 is 19.9 Å². The van der Waals surface area contributed by atoms with Crippen LogP contribution in [0.4, 0.5) is 5.95 Å². The molecule has 0 aliphatic carbocycles. The van der Waals surface area contributed by atoms with Crippen LogP contribution in [0, 0.1) is 5.92 Å². The summed E-state index contributed by atoms with van der Waals surface area (Å²) < 4.78 is 26.2. The molecule has 1 aliphatic heterocycles. The number of aromatic amines is 1. The zero-order valence-corrected chi connectivity index (χ0v) is 33.1. The number of aromatic nitrogens is 4. The van der Waals surface area contributed by atoms with E-state index >= 15 is 0 Å². The fourth-order valence-corrected chi connectivity index (χ4v) is 7.43. The SMILES string of the molecule is CCCCCCCCCN(C(=O)C(C)C)c1nc2c(ncn2[C@H]2CC(O)[C@@H](COC(c3ccccc3)(c3ccc(OC)cc3)c3ccc(OC)cc3)O2)c(=O)[nH]1. The summed E-state index contributed by atoms with van der Waals surface area (Å²) >= 11 is 0. The fraction of sp³-hybridized carbons (Fsp3) is 0.455. The van der Waals surface area contributed by atoms with Crippen molar-refractivity contribution in [1.82, 2.24) is 19.5 Å². The summed E-state index contributed by atoms with van der Waals surface area (Å²) in [5, 5.41) is 11.5. The van der Waals surface area contributed by atoms with Gasteiger partial charge in [-0.05, 0) is 47.4 Å². The van der Waals surface area contributed by atoms with E-state index in [0.29, 0.717) is 18.0 Å². The molecule has 12 nitrogen and oxygen atoms in total. The number of nitrogens with zero attached hydrogens (tertiary/aromatic N) is 4. The highest BCUT2D eigenvalue weighted by atomic mass is 16.6. The topological polar surface area (TPSA) is 141 Å². The summed E-state index contributed by atoms with van der Waals surface area (Å²) in [5.41, 5.74) is 1.44. The number of H-pyrrole nitrogens is 1. The second kappa shape index (κ2) is 18.7. The van der Waals surface area contributed by atoms with Gasteiger partial charge in [0.1, 0.15) is 29.4 Å². The lowest BCUT2D eigenvalue weighted by Crippen LogP contribution is -2.38. The van der Waals surface area contributed by atoms with Crippen LogP contribution in [0.15, 0.2) is 90.0 Å². The maximum Gasteiger partial charge on any atom is 0.280 e. The Bertz CT molecular complexity index is 2020. The lowest BCUT2D eigenvalue weighted by molar-refractivity contribution is -0.121. The van der Waals surface area contributed by atoms with Crippen LogP contribution >= 0.6 is 0 Å². The molecule has 1 amide bonds. The lowest BCUT2D eigenvalue weighted by atomic mass is 9.80. The van der Waals surface area contributed by atoms with Gasteiger partial charge in [0.15, 0.2) is 11.2 Å². The lowest BCUT2D eigenvalue weighted by Gasteiger charge is -2.37. The number of benzene rings is 3. The minimum absolute atomic E-state index is 0.0195. The van der Waals surface area contributed by atoms with E-state index in [0.717, 1.165) is 36.0 Å². The number of fused-ring (bicyclic) bond motifs is 1. The van der Waals surface area contributed by atoms with Gasteiger partial charge in [-0.15, -0.1) is 0 Å². The molecule has 5 aromatic rings. The molecular formula is C44H55N5O7. The first-order valence-electron chi connectivity index (χ1n) is 19.8. The van der Waals surface area contributed by atoms with Crippen molar-refractivity contribution < 1.29 is 28.8 Å². The van der Waals surface area contributed by atoms with Gasteiger partial charge in [0, 0.05) is 18.9 Å². The van der Waals surface area contributed by atoms with Crippen molar-refractivity contribution in [3.63, 3.8) is 0 Å². The number of aliphatic hydroxyl groups is 1. The van der Waals surface area contributed by atoms with Gasteiger partial charge in [0.2, 0.25) is 11.9 Å². The third kappa shape index (κ3) is 8.83. The van der Waals surface area contributed by atoms with Gasteiger partial charge in [-0.3, -0.25) is 24.0 Å². The summed E-state index contributed by atoms with van der Waals surface area (Å²) in [6.45, 7) is 6.34. The number of unbranched alkanes of at least 4 members (excludes halogenated alkanes) is 6. The molecule has 0 spiro atoms. The minimum atomic E-state index is -1.10. The average Bonchev–Trinajstić information content (AvgIpc) is 3.83. The number of rotatable bonds is 19. The Morgan fingerprint density at radius 3 is 2.09 bits per heavy atom. The molecule has 1 aliphatic rings. The number of ether oxygens (including phenoxy) is 4. The van der Waals surface area contributed by atoms with Crippen molar-refractivity contribution >= 4 is 23.0 Å². The smallest absolute Gasteiger partial charge is 0.280 e. The first kappa shape index (κ1) is 40.6. The molecule has 3 aromatic carbocycles. The molecule has 1 fully saturated rings. The van der Waals surface area contributed by atoms with E-state index in [1.807, 2.05) is 92.7 Å². The van der Waals surface area contributed by atoms with E-state index < -0.39 is 29.6 Å². The van der Waals surface area contributed by atoms with E-state index in [2.05, 4.69) is 16.9 Å². The van der Waals surface area contributed by atoms with Crippen LogP contribution in [0.2, 0.25) is 0 Å². The Morgan fingerprint density at radius 1 is 0.911 bits per heavy atom. The number of hydrogen-bond acceptors (Lipinski definition) is 9. The summed E-state index contributed by atoms with van der Waals surface area (Å²) in [5.74, 6) is 1.18. The van der Waals surface area contributed by atoms with Crippen LogP contribution in [0.25, 0.3) is 11.2 Å². The Labute approximate surface area is 328 Å². The standard InChI is InChI=1S/C44H55N5O7/c1-6-7-8-9-10-11-15-26-48(42(52)30(2)3)43-46-40-39(41(51)47-43)45-29-49(40)38-27-36(50)37(56-38)28-55-44(31-16-13-12-14-17-31,32-18-22-34(53-4)23-19-32)33-20-24-35(54-5)25-21-33/h12-14,16-25,29-30,36-38,50H,6-11,15,26-28H2,1-5H3,(H,46,47,51)/t36?,37-,38-/m1/s1. The molecule has 298 valence electrons. The summed E-state index contributed by atoms with van der Waals surface area (Å²) in [6, 6.07) is 25.4. The van der Waals surface area contributed by atoms with Crippen molar-refractivity contribution in [3.8, 4) is 11.5 Å². The molecule has 0 radical (unpaired) electrons. The number of nitrogens with one attached hydrogen (secondary N) is 1. The largest absolute Gasteiger partial charge is 0.497 e. The second-order valence-electron chi connectivity index (χ2n) is 14.7. The molecule has 0 bridgehead atoms. The molecule has 1 saturated heterocycles. The maximum absolute atomic E-state index is 13.4. The van der Waals surface area contributed by atoms with Crippen LogP contribution in [-0.2, 0) is 19.9 Å². The van der Waals surface area contributed by atoms with Crippen LogP contribution in [-0.4, -0.2) is 70.1 Å². The molecule has 3 heterocycles. The van der Waals surface area contributed by atoms with Gasteiger partial charge in [0.05, 0.1) is 33.3 Å². The zero-order chi connectivity index (χ0) is 39.7. The predicted octanol–water partition coefficient (Wildman–Crippen LogP) is 7.53. The molecule has 12 heteroatoms. The third-order valence-corrected chi connectivity index (χ3v) is 10.6. The monoisotopic (exact) mass is 765 g/mol. The van der Waals surface area contributed by atoms with Crippen molar-refractivity contribution in [2.75, 3.05) is 32.3 Å². The number of amides is 1. The van der Waals surface area contributed by atoms with Crippen LogP contribution in [0.1, 0.15) is 95.1 Å². The van der Waals surface area contributed by atoms with Gasteiger partial charge in [0.25, 0.3) is 5.56 Å². The van der Waals surface area contributed by atoms with Crippen molar-refractivity contribution in [3.05, 3.63) is 112 Å². The highest BCUT2D eigenvalue weighted by molar-refractivity contribution is 5.93. The van der Waals surface area contributed by atoms with Crippen molar-refractivity contribution in [2.45, 2.75) is 96.2 Å². The van der Waals surface area contributed by atoms with E-state index in [1.165, 1.54) is 32.0 Å². The highest BCUT2D eigenvalue weighted by Crippen LogP contribution is 2.43. The minimum Gasteiger partial charge on any atom is -0.497 e. The number of imidazole rings is 1. The molecule has 1 unspecified atom stereocenters. The Balaban J connectivity index is 1.28. The Morgan fingerprint density at radius 2 is 1.50 bits per heavy atom. The van der Waals surface area contributed by atoms with E-state index in [4.69, 9.17) is 23.9 Å². The molecule has 6 rings (SSSR count). The van der Waals surface area contributed by atoms with Gasteiger partial charge in [-0.25, -0.2) is 4.98 Å². The molecule has 0 saturated carbocycles. The molecule has 2 aromatic heterocycles. The van der Waals surface area contributed by atoms with E-state index in [1.54, 1.807) is 23.7 Å². The number of aliphatic hydroxyl groups excluding tert-OH is 1. The van der Waals surface area contributed by atoms with Crippen molar-refractivity contribution in [2.24, 2.45) is 5.92 Å². The highest BCUT2D eigenvalue weighted by Gasteiger charge is 2.42. The molecule has 3 atom stereocenters. The first-order valence-corrected chi connectivity index (χ1v) is 19.8. The first-order chi connectivity index (χ1) is 27.2. The van der Waals surface area contributed by atoms with Gasteiger partial charge in [-0.2, -0.15) is 4.98 Å². The normalized spacial score (nSPS) is 17.1. The Kier molecular flexibility index (Phi) is 13.6. The zero-order valence-electron chi connectivity index (χ0n) is 33.1. The number of carbonyl (C=O) groups is 1. The number of methoxy groups -OCH3 is 2. The predicted molar refractivity (Wildman–Crippen MR) is 216 cm³/mol. The second-order valence-corrected chi connectivity index (χ2v) is 14.7. The molecule has 56 heavy (non-hydrogen) atoms. The van der Waals surface area contributed by atoms with Crippen LogP contribution in [0.3, 0.4) is 0 Å². The third-order valence-electron chi connectivity index (χ3n) is 10.6. The number of hydrogen-bond donors (Lipinski definition) is 2. The van der Waals surface area contributed by atoms with Gasteiger partial charge < -0.3 is 24.1 Å². The fourth-order valence-electron chi connectivity index (χ4n) is 7.43. The van der Waals surface area contributed by atoms with Gasteiger partial charge >= 0.3 is 0 Å². The summed E-state index contributed by atoms with van der Waals surface area (Å²) in [6.07, 6.45) is 7.04. The maximum atomic E-state index is 13.4. The van der Waals surface area contributed by atoms with E-state index in [9.17, 15) is 14.7 Å². The summed E-state index contributed by atoms with van der Waals surface area (Å²) in [7, 11) is 3.26. The Hall–Kier alpha value is -5.04. The van der Waals surface area contributed by atoms with Gasteiger partial charge in [-0.1, -0.05) is 114 Å². The molecular weight excluding hydrogens is 711 g/mol. The molecule has 2 N–H and O–H groups in total. The quantitative estimate of drug-likeness (QED) is 0.0645. The van der Waals surface area contributed by atoms with Crippen molar-refractivity contribution in [1.29, 1.82) is 0 Å². The number of anilines is 1. The summed E-state index contributed by atoms with van der Waals surface area (Å²) in [4.78, 5) is 40.4. The van der Waals surface area contributed by atoms with E-state index in [-0.39, 0.29) is 42.0 Å². The van der Waals surface area contributed by atoms with Crippen LogP contribution in [0.5, 0.6) is 11.5 Å².